The first-order valence-corrected chi connectivity index (χ1v) is 6.65. The fourth-order valence-electron chi connectivity index (χ4n) is 2.71. The quantitative estimate of drug-likeness (QED) is 0.495. The van der Waals surface area contributed by atoms with E-state index in [0.717, 1.165) is 12.0 Å². The molecule has 1 unspecified atom stereocenters. The minimum absolute atomic E-state index is 0.744. The maximum Gasteiger partial charge on any atom is 0.00668 e. The molecular weight excluding hydrogens is 182 g/mol. The van der Waals surface area contributed by atoms with Crippen LogP contribution in [0, 0.1) is 5.92 Å². The lowest BCUT2D eigenvalue weighted by atomic mass is 9.84. The smallest absolute Gasteiger partial charge is 0.00668 e. The van der Waals surface area contributed by atoms with Gasteiger partial charge in [0.1, 0.15) is 0 Å². The summed E-state index contributed by atoms with van der Waals surface area (Å²) in [5, 5.41) is 3.47. The highest BCUT2D eigenvalue weighted by Gasteiger charge is 2.17. The van der Waals surface area contributed by atoms with E-state index in [4.69, 9.17) is 0 Å². The monoisotopic (exact) mass is 209 g/mol. The Bertz CT molecular complexity index is 159. The summed E-state index contributed by atoms with van der Waals surface area (Å²) in [4.78, 5) is 0. The molecule has 88 valence electrons. The van der Waals surface area contributed by atoms with Crippen LogP contribution in [-0.4, -0.2) is 13.1 Å². The molecule has 1 heteroatoms. The molecule has 0 aromatic heterocycles. The van der Waals surface area contributed by atoms with Crippen molar-refractivity contribution in [2.75, 3.05) is 7.05 Å². The summed E-state index contributed by atoms with van der Waals surface area (Å²) in [6, 6.07) is 0.744. The number of rotatable bonds is 7. The molecule has 1 atom stereocenters. The van der Waals surface area contributed by atoms with Gasteiger partial charge in [0.05, 0.1) is 0 Å². The molecule has 0 aromatic carbocycles. The fraction of sp³-hybridized carbons (Fsp3) is 0.857. The summed E-state index contributed by atoms with van der Waals surface area (Å²) in [6.07, 6.45) is 14.6. The third kappa shape index (κ3) is 5.36. The zero-order valence-corrected chi connectivity index (χ0v) is 10.3. The average molecular weight is 209 g/mol. The van der Waals surface area contributed by atoms with Crippen molar-refractivity contribution >= 4 is 0 Å². The summed E-state index contributed by atoms with van der Waals surface area (Å²) >= 11 is 0. The van der Waals surface area contributed by atoms with Gasteiger partial charge in [0.25, 0.3) is 0 Å². The van der Waals surface area contributed by atoms with Crippen molar-refractivity contribution in [1.82, 2.24) is 5.32 Å². The molecule has 0 bridgehead atoms. The number of nitrogens with one attached hydrogen (secondary N) is 1. The van der Waals surface area contributed by atoms with Crippen LogP contribution in [0.1, 0.15) is 57.8 Å². The van der Waals surface area contributed by atoms with Crippen molar-refractivity contribution in [1.29, 1.82) is 0 Å². The topological polar surface area (TPSA) is 12.0 Å². The molecular formula is C14H27N. The SMILES string of the molecule is C=CCCCC(CC1CCCCC1)NC. The van der Waals surface area contributed by atoms with E-state index in [1.54, 1.807) is 0 Å². The number of allylic oxidation sites excluding steroid dienone is 1. The second-order valence-corrected chi connectivity index (χ2v) is 4.94. The van der Waals surface area contributed by atoms with Gasteiger partial charge in [-0.25, -0.2) is 0 Å². The van der Waals surface area contributed by atoms with E-state index in [-0.39, 0.29) is 0 Å². The fourth-order valence-corrected chi connectivity index (χ4v) is 2.71. The standard InChI is InChI=1S/C14H27N/c1-3-4-6-11-14(15-2)12-13-9-7-5-8-10-13/h3,13-15H,1,4-12H2,2H3. The van der Waals surface area contributed by atoms with Crippen molar-refractivity contribution in [3.05, 3.63) is 12.7 Å². The minimum atomic E-state index is 0.744. The van der Waals surface area contributed by atoms with Crippen LogP contribution >= 0.6 is 0 Å². The number of unbranched alkanes of at least 4 members (excludes halogenated alkanes) is 1. The van der Waals surface area contributed by atoms with E-state index in [1.807, 2.05) is 6.08 Å². The van der Waals surface area contributed by atoms with Crippen LogP contribution in [0.3, 0.4) is 0 Å². The first-order chi connectivity index (χ1) is 7.36. The van der Waals surface area contributed by atoms with Crippen LogP contribution in [-0.2, 0) is 0 Å². The van der Waals surface area contributed by atoms with Gasteiger partial charge in [-0.3, -0.25) is 0 Å². The molecule has 1 aliphatic rings. The molecule has 0 heterocycles. The van der Waals surface area contributed by atoms with Gasteiger partial charge in [0.2, 0.25) is 0 Å². The van der Waals surface area contributed by atoms with E-state index in [9.17, 15) is 0 Å². The highest BCUT2D eigenvalue weighted by Crippen LogP contribution is 2.28. The predicted molar refractivity (Wildman–Crippen MR) is 68.1 cm³/mol. The first-order valence-electron chi connectivity index (χ1n) is 6.65. The van der Waals surface area contributed by atoms with Gasteiger partial charge in [0, 0.05) is 6.04 Å². The zero-order valence-electron chi connectivity index (χ0n) is 10.3. The minimum Gasteiger partial charge on any atom is -0.317 e. The Balaban J connectivity index is 2.16. The van der Waals surface area contributed by atoms with Crippen LogP contribution in [0.2, 0.25) is 0 Å². The van der Waals surface area contributed by atoms with Gasteiger partial charge >= 0.3 is 0 Å². The molecule has 1 aliphatic carbocycles. The van der Waals surface area contributed by atoms with Gasteiger partial charge in [-0.15, -0.1) is 6.58 Å². The molecule has 0 radical (unpaired) electrons. The Hall–Kier alpha value is -0.300. The Kier molecular flexibility index (Phi) is 6.74. The third-order valence-electron chi connectivity index (χ3n) is 3.71. The molecule has 0 aromatic rings. The van der Waals surface area contributed by atoms with Crippen LogP contribution in [0.5, 0.6) is 0 Å². The van der Waals surface area contributed by atoms with Gasteiger partial charge < -0.3 is 5.32 Å². The lowest BCUT2D eigenvalue weighted by Crippen LogP contribution is -2.28. The van der Waals surface area contributed by atoms with Gasteiger partial charge in [0.15, 0.2) is 0 Å². The Morgan fingerprint density at radius 2 is 2.07 bits per heavy atom. The Labute approximate surface area is 95.3 Å². The molecule has 1 N–H and O–H groups in total. The van der Waals surface area contributed by atoms with Crippen molar-refractivity contribution in [3.63, 3.8) is 0 Å². The summed E-state index contributed by atoms with van der Waals surface area (Å²) in [5.41, 5.74) is 0. The summed E-state index contributed by atoms with van der Waals surface area (Å²) < 4.78 is 0. The maximum atomic E-state index is 3.78. The summed E-state index contributed by atoms with van der Waals surface area (Å²) in [7, 11) is 2.11. The summed E-state index contributed by atoms with van der Waals surface area (Å²) in [6.45, 7) is 3.78. The van der Waals surface area contributed by atoms with Gasteiger partial charge in [-0.1, -0.05) is 38.2 Å². The average Bonchev–Trinajstić information content (AvgIpc) is 2.29. The first kappa shape index (κ1) is 12.8. The van der Waals surface area contributed by atoms with Crippen molar-refractivity contribution in [3.8, 4) is 0 Å². The zero-order chi connectivity index (χ0) is 10.9. The van der Waals surface area contributed by atoms with Crippen LogP contribution in [0.15, 0.2) is 12.7 Å². The molecule has 1 rings (SSSR count). The van der Waals surface area contributed by atoms with Crippen LogP contribution in [0.4, 0.5) is 0 Å². The van der Waals surface area contributed by atoms with Gasteiger partial charge in [-0.05, 0) is 38.6 Å². The Morgan fingerprint density at radius 3 is 2.67 bits per heavy atom. The van der Waals surface area contributed by atoms with Crippen molar-refractivity contribution < 1.29 is 0 Å². The van der Waals surface area contributed by atoms with Crippen molar-refractivity contribution in [2.45, 2.75) is 63.8 Å². The van der Waals surface area contributed by atoms with E-state index < -0.39 is 0 Å². The second kappa shape index (κ2) is 7.92. The highest BCUT2D eigenvalue weighted by atomic mass is 14.9. The molecule has 0 amide bonds. The van der Waals surface area contributed by atoms with Crippen LogP contribution < -0.4 is 5.32 Å². The van der Waals surface area contributed by atoms with Crippen molar-refractivity contribution in [2.24, 2.45) is 5.92 Å². The molecule has 1 saturated carbocycles. The summed E-state index contributed by atoms with van der Waals surface area (Å²) in [5.74, 6) is 1.000. The van der Waals surface area contributed by atoms with E-state index in [1.165, 1.54) is 57.8 Å². The largest absolute Gasteiger partial charge is 0.317 e. The number of hydrogen-bond acceptors (Lipinski definition) is 1. The lowest BCUT2D eigenvalue weighted by Gasteiger charge is -2.26. The molecule has 1 nitrogen and oxygen atoms in total. The van der Waals surface area contributed by atoms with E-state index in [2.05, 4.69) is 18.9 Å². The lowest BCUT2D eigenvalue weighted by molar-refractivity contribution is 0.295. The third-order valence-corrected chi connectivity index (χ3v) is 3.71. The van der Waals surface area contributed by atoms with E-state index >= 15 is 0 Å². The Morgan fingerprint density at radius 1 is 1.33 bits per heavy atom. The maximum absolute atomic E-state index is 3.78. The molecule has 0 spiro atoms. The molecule has 1 fully saturated rings. The molecule has 0 aliphatic heterocycles. The molecule has 15 heavy (non-hydrogen) atoms. The highest BCUT2D eigenvalue weighted by molar-refractivity contribution is 4.75. The second-order valence-electron chi connectivity index (χ2n) is 4.94. The van der Waals surface area contributed by atoms with Crippen LogP contribution in [0.25, 0.3) is 0 Å². The normalized spacial score (nSPS) is 20.1. The predicted octanol–water partition coefficient (Wildman–Crippen LogP) is 3.90. The van der Waals surface area contributed by atoms with E-state index in [0.29, 0.717) is 0 Å². The molecule has 0 saturated heterocycles. The van der Waals surface area contributed by atoms with Gasteiger partial charge in [-0.2, -0.15) is 0 Å². The number of hydrogen-bond donors (Lipinski definition) is 1.